The van der Waals surface area contributed by atoms with Crippen molar-refractivity contribution in [2.45, 2.75) is 38.8 Å². The first-order valence-electron chi connectivity index (χ1n) is 11.1. The highest BCUT2D eigenvalue weighted by Gasteiger charge is 2.21. The Kier molecular flexibility index (Phi) is 11.6. The van der Waals surface area contributed by atoms with Gasteiger partial charge in [-0.1, -0.05) is 12.1 Å². The predicted octanol–water partition coefficient (Wildman–Crippen LogP) is 2.61. The summed E-state index contributed by atoms with van der Waals surface area (Å²) in [6.45, 7) is 8.67. The molecule has 1 fully saturated rings. The van der Waals surface area contributed by atoms with E-state index in [0.717, 1.165) is 75.9 Å². The number of ether oxygens (including phenoxy) is 3. The third-order valence-corrected chi connectivity index (χ3v) is 5.04. The molecule has 1 heterocycles. The van der Waals surface area contributed by atoms with Gasteiger partial charge in [0.05, 0.1) is 12.6 Å². The Morgan fingerprint density at radius 3 is 2.70 bits per heavy atom. The molecule has 0 saturated carbocycles. The number of hydrogen-bond acceptors (Lipinski definition) is 5. The van der Waals surface area contributed by atoms with Crippen LogP contribution >= 0.6 is 0 Å². The van der Waals surface area contributed by atoms with Crippen LogP contribution in [0.1, 0.15) is 31.7 Å². The van der Waals surface area contributed by atoms with Crippen molar-refractivity contribution in [2.24, 2.45) is 4.99 Å². The molecule has 0 aliphatic carbocycles. The zero-order chi connectivity index (χ0) is 21.6. The van der Waals surface area contributed by atoms with Crippen LogP contribution < -0.4 is 10.1 Å². The van der Waals surface area contributed by atoms with E-state index < -0.39 is 0 Å². The van der Waals surface area contributed by atoms with Gasteiger partial charge in [0.15, 0.2) is 5.96 Å². The molecule has 2 rings (SSSR count). The Labute approximate surface area is 182 Å². The van der Waals surface area contributed by atoms with E-state index in [9.17, 15) is 0 Å². The zero-order valence-electron chi connectivity index (χ0n) is 19.2. The van der Waals surface area contributed by atoms with Crippen LogP contribution in [-0.4, -0.2) is 89.1 Å². The Morgan fingerprint density at radius 2 is 2.00 bits per heavy atom. The molecule has 0 bridgehead atoms. The second-order valence-corrected chi connectivity index (χ2v) is 7.87. The average molecular weight is 421 g/mol. The molecule has 0 atom stereocenters. The Hall–Kier alpha value is -1.83. The van der Waals surface area contributed by atoms with E-state index in [0.29, 0.717) is 19.3 Å². The van der Waals surface area contributed by atoms with E-state index in [-0.39, 0.29) is 0 Å². The lowest BCUT2D eigenvalue weighted by Gasteiger charge is -2.34. The number of guanidine groups is 1. The fourth-order valence-corrected chi connectivity index (χ4v) is 3.36. The van der Waals surface area contributed by atoms with Crippen molar-refractivity contribution < 1.29 is 14.2 Å². The van der Waals surface area contributed by atoms with Crippen molar-refractivity contribution >= 4 is 5.96 Å². The van der Waals surface area contributed by atoms with E-state index in [2.05, 4.69) is 34.2 Å². The maximum atomic E-state index is 5.98. The van der Waals surface area contributed by atoms with Crippen LogP contribution in [0.3, 0.4) is 0 Å². The maximum absolute atomic E-state index is 5.98. The number of methoxy groups -OCH3 is 1. The van der Waals surface area contributed by atoms with Gasteiger partial charge in [-0.15, -0.1) is 0 Å². The minimum atomic E-state index is 0.344. The number of nitrogens with one attached hydrogen (secondary N) is 1. The fourth-order valence-electron chi connectivity index (χ4n) is 3.36. The van der Waals surface area contributed by atoms with Gasteiger partial charge in [-0.05, 0) is 58.0 Å². The molecule has 1 N–H and O–H groups in total. The Bertz CT molecular complexity index is 616. The fraction of sp³-hybridized carbons (Fsp3) is 0.696. The van der Waals surface area contributed by atoms with Gasteiger partial charge in [0.25, 0.3) is 0 Å². The van der Waals surface area contributed by atoms with Gasteiger partial charge >= 0.3 is 0 Å². The quantitative estimate of drug-likeness (QED) is 0.319. The third-order valence-electron chi connectivity index (χ3n) is 5.04. The first-order valence-corrected chi connectivity index (χ1v) is 11.1. The molecule has 0 unspecified atom stereocenters. The number of hydrogen-bond donors (Lipinski definition) is 1. The molecule has 30 heavy (non-hydrogen) atoms. The molecule has 1 aliphatic heterocycles. The van der Waals surface area contributed by atoms with E-state index in [1.807, 2.05) is 26.2 Å². The molecule has 0 radical (unpaired) electrons. The lowest BCUT2D eigenvalue weighted by Crippen LogP contribution is -2.47. The summed E-state index contributed by atoms with van der Waals surface area (Å²) in [4.78, 5) is 9.34. The number of rotatable bonds is 12. The van der Waals surface area contributed by atoms with E-state index in [4.69, 9.17) is 19.2 Å². The van der Waals surface area contributed by atoms with Gasteiger partial charge in [0.1, 0.15) is 12.4 Å². The number of nitrogens with zero attached hydrogens (tertiary/aromatic N) is 3. The molecule has 0 amide bonds. The molecular formula is C23H40N4O3. The lowest BCUT2D eigenvalue weighted by molar-refractivity contribution is 0.00990. The number of likely N-dealkylation sites (N-methyl/N-ethyl adjacent to an activating group) is 1. The number of benzene rings is 1. The van der Waals surface area contributed by atoms with E-state index >= 15 is 0 Å². The first kappa shape index (κ1) is 24.4. The normalized spacial score (nSPS) is 15.6. The van der Waals surface area contributed by atoms with Crippen molar-refractivity contribution in [3.8, 4) is 5.75 Å². The minimum Gasteiger partial charge on any atom is -0.492 e. The van der Waals surface area contributed by atoms with Crippen LogP contribution in [0.2, 0.25) is 0 Å². The van der Waals surface area contributed by atoms with E-state index in [1.165, 1.54) is 0 Å². The number of likely N-dealkylation sites (tertiary alicyclic amines) is 1. The summed E-state index contributed by atoms with van der Waals surface area (Å²) in [6, 6.07) is 8.23. The van der Waals surface area contributed by atoms with Crippen LogP contribution in [0.15, 0.2) is 29.3 Å². The summed E-state index contributed by atoms with van der Waals surface area (Å²) in [5, 5.41) is 3.44. The van der Waals surface area contributed by atoms with E-state index in [1.54, 1.807) is 7.11 Å². The molecule has 1 saturated heterocycles. The Morgan fingerprint density at radius 1 is 1.20 bits per heavy atom. The molecule has 1 aromatic rings. The molecule has 7 heteroatoms. The van der Waals surface area contributed by atoms with Crippen LogP contribution in [0.4, 0.5) is 0 Å². The minimum absolute atomic E-state index is 0.344. The summed E-state index contributed by atoms with van der Waals surface area (Å²) in [6.07, 6.45) is 3.37. The predicted molar refractivity (Wildman–Crippen MR) is 122 cm³/mol. The molecule has 0 spiro atoms. The van der Waals surface area contributed by atoms with Gasteiger partial charge < -0.3 is 29.3 Å². The second-order valence-electron chi connectivity index (χ2n) is 7.87. The standard InChI is InChI=1S/C23H40N4O3/c1-5-24-23(27-12-10-21(11-13-27)29-16-7-15-28-4)25-19-20-8-6-9-22(18-20)30-17-14-26(2)3/h6,8-9,18,21H,5,7,10-17,19H2,1-4H3,(H,24,25). The largest absolute Gasteiger partial charge is 0.492 e. The maximum Gasteiger partial charge on any atom is 0.194 e. The van der Waals surface area contributed by atoms with Gasteiger partial charge in [-0.3, -0.25) is 0 Å². The SMILES string of the molecule is CCNC(=NCc1cccc(OCCN(C)C)c1)N1CCC(OCCCOC)CC1. The van der Waals surface area contributed by atoms with Crippen molar-refractivity contribution in [3.63, 3.8) is 0 Å². The van der Waals surface area contributed by atoms with Crippen molar-refractivity contribution in [1.29, 1.82) is 0 Å². The third kappa shape index (κ3) is 9.32. The highest BCUT2D eigenvalue weighted by molar-refractivity contribution is 5.80. The summed E-state index contributed by atoms with van der Waals surface area (Å²) in [5.41, 5.74) is 1.16. The molecular weight excluding hydrogens is 380 g/mol. The van der Waals surface area contributed by atoms with Crippen molar-refractivity contribution in [2.75, 3.05) is 67.2 Å². The van der Waals surface area contributed by atoms with Gasteiger partial charge in [0.2, 0.25) is 0 Å². The number of aliphatic imine (C=N–C) groups is 1. The lowest BCUT2D eigenvalue weighted by atomic mass is 10.1. The smallest absolute Gasteiger partial charge is 0.194 e. The highest BCUT2D eigenvalue weighted by atomic mass is 16.5. The zero-order valence-corrected chi connectivity index (χ0v) is 19.2. The van der Waals surface area contributed by atoms with Crippen LogP contribution in [-0.2, 0) is 16.0 Å². The molecule has 170 valence electrons. The van der Waals surface area contributed by atoms with Crippen LogP contribution in [0.25, 0.3) is 0 Å². The van der Waals surface area contributed by atoms with Crippen LogP contribution in [0.5, 0.6) is 5.75 Å². The van der Waals surface area contributed by atoms with Gasteiger partial charge in [0, 0.05) is 46.5 Å². The summed E-state index contributed by atoms with van der Waals surface area (Å²) >= 11 is 0. The second kappa shape index (κ2) is 14.2. The average Bonchev–Trinajstić information content (AvgIpc) is 2.75. The summed E-state index contributed by atoms with van der Waals surface area (Å²) in [5.74, 6) is 1.88. The van der Waals surface area contributed by atoms with Gasteiger partial charge in [-0.25, -0.2) is 4.99 Å². The first-order chi connectivity index (χ1) is 14.6. The molecule has 0 aromatic heterocycles. The van der Waals surface area contributed by atoms with Crippen molar-refractivity contribution in [1.82, 2.24) is 15.1 Å². The summed E-state index contributed by atoms with van der Waals surface area (Å²) in [7, 11) is 5.83. The molecule has 1 aliphatic rings. The molecule has 7 nitrogen and oxygen atoms in total. The van der Waals surface area contributed by atoms with Gasteiger partial charge in [-0.2, -0.15) is 0 Å². The van der Waals surface area contributed by atoms with Crippen molar-refractivity contribution in [3.05, 3.63) is 29.8 Å². The highest BCUT2D eigenvalue weighted by Crippen LogP contribution is 2.16. The summed E-state index contributed by atoms with van der Waals surface area (Å²) < 4.78 is 16.9. The van der Waals surface area contributed by atoms with Crippen LogP contribution in [0, 0.1) is 0 Å². The Balaban J connectivity index is 1.84. The topological polar surface area (TPSA) is 58.6 Å². The molecule has 1 aromatic carbocycles. The number of piperidine rings is 1. The monoisotopic (exact) mass is 420 g/mol.